The van der Waals surface area contributed by atoms with Crippen LogP contribution >= 0.6 is 0 Å². The largest absolute Gasteiger partial charge is 0.497 e. The Morgan fingerprint density at radius 2 is 1.82 bits per heavy atom. The molecular formula is C21H22N2O5. The smallest absolute Gasteiger partial charge is 0.257 e. The van der Waals surface area contributed by atoms with Gasteiger partial charge in [-0.3, -0.25) is 9.59 Å². The van der Waals surface area contributed by atoms with Gasteiger partial charge in [-0.2, -0.15) is 0 Å². The Morgan fingerprint density at radius 3 is 2.57 bits per heavy atom. The van der Waals surface area contributed by atoms with Gasteiger partial charge in [0.2, 0.25) is 0 Å². The number of benzene rings is 2. The first-order valence-corrected chi connectivity index (χ1v) is 8.83. The summed E-state index contributed by atoms with van der Waals surface area (Å²) in [6.07, 6.45) is 0.406. The molecular weight excluding hydrogens is 360 g/mol. The summed E-state index contributed by atoms with van der Waals surface area (Å²) in [6, 6.07) is 14.4. The molecule has 28 heavy (non-hydrogen) atoms. The Hall–Kier alpha value is -3.48. The van der Waals surface area contributed by atoms with Crippen molar-refractivity contribution in [3.05, 3.63) is 64.4 Å². The number of para-hydroxylation sites is 2. The summed E-state index contributed by atoms with van der Waals surface area (Å²) in [5, 5.41) is 3.63. The first kappa shape index (κ1) is 19.3. The van der Waals surface area contributed by atoms with E-state index >= 15 is 0 Å². The molecule has 1 heterocycles. The summed E-state index contributed by atoms with van der Waals surface area (Å²) in [5.74, 6) is 1.51. The third-order valence-corrected chi connectivity index (χ3v) is 4.27. The third kappa shape index (κ3) is 4.62. The molecule has 3 rings (SSSR count). The second-order valence-electron chi connectivity index (χ2n) is 6.12. The first-order valence-electron chi connectivity index (χ1n) is 8.83. The lowest BCUT2D eigenvalue weighted by Gasteiger charge is -2.10. The predicted molar refractivity (Wildman–Crippen MR) is 106 cm³/mol. The number of aromatic amines is 1. The van der Waals surface area contributed by atoms with Crippen molar-refractivity contribution < 1.29 is 19.0 Å². The normalized spacial score (nSPS) is 10.5. The van der Waals surface area contributed by atoms with Gasteiger partial charge in [0, 0.05) is 23.0 Å². The van der Waals surface area contributed by atoms with Gasteiger partial charge < -0.3 is 24.5 Å². The van der Waals surface area contributed by atoms with Gasteiger partial charge in [0.25, 0.3) is 11.5 Å². The summed E-state index contributed by atoms with van der Waals surface area (Å²) in [6.45, 7) is 0.193. The summed E-state index contributed by atoms with van der Waals surface area (Å²) in [7, 11) is 3.13. The second kappa shape index (κ2) is 8.94. The van der Waals surface area contributed by atoms with Crippen LogP contribution in [-0.2, 0) is 11.2 Å². The molecule has 0 unspecified atom stereocenters. The van der Waals surface area contributed by atoms with Crippen molar-refractivity contribution in [2.24, 2.45) is 0 Å². The Balaban J connectivity index is 1.56. The van der Waals surface area contributed by atoms with E-state index in [1.807, 2.05) is 18.2 Å². The van der Waals surface area contributed by atoms with Gasteiger partial charge >= 0.3 is 0 Å². The minimum absolute atomic E-state index is 0.133. The standard InChI is InChI=1S/C21H22N2O5/c1-26-16-7-8-17-15(12-16)11-14(21(25)23-17)9-10-22-20(24)13-28-19-6-4-3-5-18(19)27-2/h3-8,11-12H,9-10,13H2,1-2H3,(H,22,24)(H,23,25). The van der Waals surface area contributed by atoms with E-state index in [1.54, 1.807) is 44.6 Å². The number of methoxy groups -OCH3 is 2. The number of fused-ring (bicyclic) bond motifs is 1. The summed E-state index contributed by atoms with van der Waals surface area (Å²) >= 11 is 0. The minimum atomic E-state index is -0.273. The molecule has 0 radical (unpaired) electrons. The van der Waals surface area contributed by atoms with Crippen LogP contribution in [0.15, 0.2) is 53.3 Å². The number of nitrogens with one attached hydrogen (secondary N) is 2. The molecule has 0 spiro atoms. The molecule has 0 aliphatic heterocycles. The average Bonchev–Trinajstić information content (AvgIpc) is 2.72. The van der Waals surface area contributed by atoms with E-state index < -0.39 is 0 Å². The number of amides is 1. The summed E-state index contributed by atoms with van der Waals surface area (Å²) in [5.41, 5.74) is 1.16. The number of ether oxygens (including phenoxy) is 3. The number of aromatic nitrogens is 1. The zero-order valence-corrected chi connectivity index (χ0v) is 15.8. The van der Waals surface area contributed by atoms with Crippen molar-refractivity contribution in [1.29, 1.82) is 0 Å². The van der Waals surface area contributed by atoms with Crippen LogP contribution < -0.4 is 25.1 Å². The highest BCUT2D eigenvalue weighted by Gasteiger charge is 2.08. The molecule has 0 saturated carbocycles. The van der Waals surface area contributed by atoms with E-state index in [9.17, 15) is 9.59 Å². The molecule has 2 aromatic carbocycles. The van der Waals surface area contributed by atoms with Crippen molar-refractivity contribution in [2.45, 2.75) is 6.42 Å². The van der Waals surface area contributed by atoms with Gasteiger partial charge in [-0.1, -0.05) is 12.1 Å². The second-order valence-corrected chi connectivity index (χ2v) is 6.12. The highest BCUT2D eigenvalue weighted by molar-refractivity contribution is 5.80. The van der Waals surface area contributed by atoms with Gasteiger partial charge in [0.05, 0.1) is 14.2 Å². The molecule has 0 fully saturated rings. The van der Waals surface area contributed by atoms with Crippen LogP contribution in [-0.4, -0.2) is 38.3 Å². The summed E-state index contributed by atoms with van der Waals surface area (Å²) < 4.78 is 15.9. The van der Waals surface area contributed by atoms with Crippen molar-refractivity contribution in [1.82, 2.24) is 10.3 Å². The fraction of sp³-hybridized carbons (Fsp3) is 0.238. The van der Waals surface area contributed by atoms with Gasteiger partial charge in [-0.05, 0) is 42.8 Å². The number of rotatable bonds is 8. The van der Waals surface area contributed by atoms with E-state index in [-0.39, 0.29) is 18.1 Å². The molecule has 0 aliphatic carbocycles. The molecule has 1 amide bonds. The number of hydrogen-bond donors (Lipinski definition) is 2. The Kier molecular flexibility index (Phi) is 6.16. The van der Waals surface area contributed by atoms with Crippen LogP contribution in [0.2, 0.25) is 0 Å². The lowest BCUT2D eigenvalue weighted by atomic mass is 10.1. The molecule has 2 N–H and O–H groups in total. The number of carbonyl (C=O) groups excluding carboxylic acids is 1. The lowest BCUT2D eigenvalue weighted by Crippen LogP contribution is -2.31. The number of H-pyrrole nitrogens is 1. The van der Waals surface area contributed by atoms with E-state index in [4.69, 9.17) is 14.2 Å². The van der Waals surface area contributed by atoms with Crippen LogP contribution in [0, 0.1) is 0 Å². The number of carbonyl (C=O) groups is 1. The van der Waals surface area contributed by atoms with Gasteiger partial charge in [0.15, 0.2) is 18.1 Å². The van der Waals surface area contributed by atoms with Crippen LogP contribution in [0.25, 0.3) is 10.9 Å². The van der Waals surface area contributed by atoms with E-state index in [2.05, 4.69) is 10.3 Å². The fourth-order valence-corrected chi connectivity index (χ4v) is 2.81. The zero-order valence-electron chi connectivity index (χ0n) is 15.8. The predicted octanol–water partition coefficient (Wildman–Crippen LogP) is 2.28. The summed E-state index contributed by atoms with van der Waals surface area (Å²) in [4.78, 5) is 27.1. The highest BCUT2D eigenvalue weighted by Crippen LogP contribution is 2.25. The Morgan fingerprint density at radius 1 is 1.04 bits per heavy atom. The average molecular weight is 382 g/mol. The Bertz CT molecular complexity index is 1030. The topological polar surface area (TPSA) is 89.7 Å². The molecule has 0 aliphatic rings. The van der Waals surface area contributed by atoms with E-state index in [1.165, 1.54) is 0 Å². The van der Waals surface area contributed by atoms with Crippen molar-refractivity contribution >= 4 is 16.8 Å². The maximum absolute atomic E-state index is 12.2. The highest BCUT2D eigenvalue weighted by atomic mass is 16.5. The van der Waals surface area contributed by atoms with Crippen molar-refractivity contribution in [2.75, 3.05) is 27.4 Å². The van der Waals surface area contributed by atoms with Crippen LogP contribution in [0.4, 0.5) is 0 Å². The monoisotopic (exact) mass is 382 g/mol. The molecule has 0 saturated heterocycles. The SMILES string of the molecule is COc1ccc2[nH]c(=O)c(CCNC(=O)COc3ccccc3OC)cc2c1. The van der Waals surface area contributed by atoms with Crippen molar-refractivity contribution in [3.63, 3.8) is 0 Å². The number of pyridine rings is 1. The molecule has 7 heteroatoms. The molecule has 7 nitrogen and oxygen atoms in total. The van der Waals surface area contributed by atoms with Crippen LogP contribution in [0.5, 0.6) is 17.2 Å². The minimum Gasteiger partial charge on any atom is -0.497 e. The van der Waals surface area contributed by atoms with Gasteiger partial charge in [0.1, 0.15) is 5.75 Å². The van der Waals surface area contributed by atoms with Gasteiger partial charge in [-0.15, -0.1) is 0 Å². The zero-order chi connectivity index (χ0) is 19.9. The molecule has 0 atom stereocenters. The fourth-order valence-electron chi connectivity index (χ4n) is 2.81. The van der Waals surface area contributed by atoms with E-state index in [0.717, 1.165) is 10.9 Å². The van der Waals surface area contributed by atoms with Crippen molar-refractivity contribution in [3.8, 4) is 17.2 Å². The van der Waals surface area contributed by atoms with E-state index in [0.29, 0.717) is 35.8 Å². The number of hydrogen-bond acceptors (Lipinski definition) is 5. The molecule has 0 bridgehead atoms. The van der Waals surface area contributed by atoms with Gasteiger partial charge in [-0.25, -0.2) is 0 Å². The van der Waals surface area contributed by atoms with Crippen LogP contribution in [0.3, 0.4) is 0 Å². The quantitative estimate of drug-likeness (QED) is 0.624. The first-order chi connectivity index (χ1) is 13.6. The maximum atomic E-state index is 12.2. The maximum Gasteiger partial charge on any atom is 0.257 e. The van der Waals surface area contributed by atoms with Crippen LogP contribution in [0.1, 0.15) is 5.56 Å². The third-order valence-electron chi connectivity index (χ3n) is 4.27. The molecule has 146 valence electrons. The molecule has 3 aromatic rings. The lowest BCUT2D eigenvalue weighted by molar-refractivity contribution is -0.123. The molecule has 1 aromatic heterocycles. The Labute approximate surface area is 162 Å².